The first-order chi connectivity index (χ1) is 15.1. The number of hydrogen-bond acceptors (Lipinski definition) is 4. The molecule has 0 saturated carbocycles. The van der Waals surface area contributed by atoms with Crippen LogP contribution in [0.5, 0.6) is 0 Å². The third kappa shape index (κ3) is 3.44. The molecule has 0 bridgehead atoms. The minimum absolute atomic E-state index is 0.322. The van der Waals surface area contributed by atoms with Gasteiger partial charge in [0.1, 0.15) is 0 Å². The number of aromatic nitrogens is 4. The second-order valence-corrected chi connectivity index (χ2v) is 8.01. The zero-order valence-electron chi connectivity index (χ0n) is 16.4. The first-order valence-corrected chi connectivity index (χ1v) is 10.6. The Morgan fingerprint density at radius 2 is 1.52 bits per heavy atom. The minimum atomic E-state index is -0.479. The van der Waals surface area contributed by atoms with E-state index >= 15 is 0 Å². The van der Waals surface area contributed by atoms with Crippen molar-refractivity contribution in [3.63, 3.8) is 0 Å². The second-order valence-electron chi connectivity index (χ2n) is 7.09. The van der Waals surface area contributed by atoms with Gasteiger partial charge in [0, 0.05) is 11.0 Å². The molecular weight excluding hydrogens is 458 g/mol. The number of anilines is 1. The molecule has 154 valence electrons. The lowest BCUT2D eigenvalue weighted by Crippen LogP contribution is -2.26. The Labute approximate surface area is 185 Å². The minimum Gasteiger partial charge on any atom is -0.354 e. The Morgan fingerprint density at radius 3 is 2.26 bits per heavy atom. The van der Waals surface area contributed by atoms with Crippen molar-refractivity contribution in [2.24, 2.45) is 0 Å². The molecule has 0 spiro atoms. The highest BCUT2D eigenvalue weighted by Crippen LogP contribution is 2.19. The van der Waals surface area contributed by atoms with Gasteiger partial charge in [-0.05, 0) is 42.3 Å². The van der Waals surface area contributed by atoms with Crippen molar-refractivity contribution in [3.05, 3.63) is 110 Å². The van der Waals surface area contributed by atoms with Crippen LogP contribution in [0.4, 0.5) is 5.95 Å². The summed E-state index contributed by atoms with van der Waals surface area (Å²) < 4.78 is 4.62. The van der Waals surface area contributed by atoms with Gasteiger partial charge in [0.25, 0.3) is 0 Å². The first-order valence-electron chi connectivity index (χ1n) is 9.83. The summed E-state index contributed by atoms with van der Waals surface area (Å²) in [6.45, 7) is 0.561. The molecule has 2 heterocycles. The van der Waals surface area contributed by atoms with E-state index in [0.717, 1.165) is 15.5 Å². The van der Waals surface area contributed by atoms with Crippen molar-refractivity contribution in [3.8, 4) is 5.69 Å². The molecule has 0 amide bonds. The van der Waals surface area contributed by atoms with Crippen molar-refractivity contribution in [2.75, 3.05) is 11.9 Å². The molecule has 5 aromatic rings. The van der Waals surface area contributed by atoms with E-state index in [4.69, 9.17) is 0 Å². The van der Waals surface area contributed by atoms with Crippen LogP contribution in [0.25, 0.3) is 16.7 Å². The fourth-order valence-electron chi connectivity index (χ4n) is 3.64. The Balaban J connectivity index is 1.70. The highest BCUT2D eigenvalue weighted by molar-refractivity contribution is 9.10. The topological polar surface area (TPSA) is 72.8 Å². The van der Waals surface area contributed by atoms with Crippen molar-refractivity contribution >= 4 is 32.9 Å². The molecule has 2 aromatic heterocycles. The van der Waals surface area contributed by atoms with Gasteiger partial charge in [-0.3, -0.25) is 0 Å². The fourth-order valence-corrected chi connectivity index (χ4v) is 3.99. The first kappa shape index (κ1) is 19.3. The van der Waals surface area contributed by atoms with E-state index in [1.807, 2.05) is 48.5 Å². The van der Waals surface area contributed by atoms with Crippen LogP contribution in [0.1, 0.15) is 5.56 Å². The Morgan fingerprint density at radius 1 is 0.839 bits per heavy atom. The Hall–Kier alpha value is -3.65. The molecule has 0 aliphatic rings. The van der Waals surface area contributed by atoms with Gasteiger partial charge in [-0.25, -0.2) is 19.1 Å². The van der Waals surface area contributed by atoms with E-state index in [1.54, 1.807) is 30.3 Å². The highest BCUT2D eigenvalue weighted by Gasteiger charge is 2.19. The summed E-state index contributed by atoms with van der Waals surface area (Å²) in [7, 11) is 0. The maximum Gasteiger partial charge on any atom is 0.359 e. The zero-order chi connectivity index (χ0) is 21.4. The van der Waals surface area contributed by atoms with Crippen molar-refractivity contribution in [2.45, 2.75) is 6.42 Å². The maximum absolute atomic E-state index is 13.4. The lowest BCUT2D eigenvalue weighted by molar-refractivity contribution is 0.781. The largest absolute Gasteiger partial charge is 0.359 e. The predicted octanol–water partition coefficient (Wildman–Crippen LogP) is 3.52. The van der Waals surface area contributed by atoms with Crippen LogP contribution in [0.15, 0.2) is 92.9 Å². The molecule has 5 rings (SSSR count). The normalized spacial score (nSPS) is 11.3. The second kappa shape index (κ2) is 7.88. The van der Waals surface area contributed by atoms with E-state index in [9.17, 15) is 9.59 Å². The summed E-state index contributed by atoms with van der Waals surface area (Å²) in [5.74, 6) is 0.322. The van der Waals surface area contributed by atoms with E-state index < -0.39 is 11.4 Å². The smallest absolute Gasteiger partial charge is 0.354 e. The summed E-state index contributed by atoms with van der Waals surface area (Å²) in [6, 6.07) is 24.4. The van der Waals surface area contributed by atoms with E-state index in [0.29, 0.717) is 29.2 Å². The van der Waals surface area contributed by atoms with Crippen LogP contribution in [0.3, 0.4) is 0 Å². The third-order valence-corrected chi connectivity index (χ3v) is 5.58. The number of fused-ring (bicyclic) bond motifs is 3. The van der Waals surface area contributed by atoms with Gasteiger partial charge in [0.05, 0.1) is 16.7 Å². The lowest BCUT2D eigenvalue weighted by Gasteiger charge is -2.10. The average molecular weight is 476 g/mol. The van der Waals surface area contributed by atoms with E-state index in [-0.39, 0.29) is 0 Å². The zero-order valence-corrected chi connectivity index (χ0v) is 18.0. The lowest BCUT2D eigenvalue weighted by atomic mass is 10.1. The molecule has 0 saturated heterocycles. The number of hydrogen-bond donors (Lipinski definition) is 1. The molecular formula is C23H18BrN5O2. The molecule has 0 unspecified atom stereocenters. The molecule has 31 heavy (non-hydrogen) atoms. The standard InChI is InChI=1S/C23H18BrN5O2/c24-17-11-12-19-20(15-17)28-22(30)27(18-9-5-2-6-10-18)23(31)29(28)21(26-19)25-14-13-16-7-3-1-4-8-16/h1-12,15H,13-14H2,(H,25,26). The number of rotatable bonds is 5. The Bertz CT molecular complexity index is 1500. The summed E-state index contributed by atoms with van der Waals surface area (Å²) in [5.41, 5.74) is 1.90. The average Bonchev–Trinajstić information content (AvgIpc) is 3.06. The van der Waals surface area contributed by atoms with Crippen LogP contribution < -0.4 is 16.7 Å². The molecule has 8 heteroatoms. The summed E-state index contributed by atoms with van der Waals surface area (Å²) in [4.78, 5) is 31.3. The SMILES string of the molecule is O=c1n(-c2ccccc2)c(=O)n2c3cc(Br)ccc3nc(NCCc3ccccc3)n12. The molecule has 0 fully saturated rings. The van der Waals surface area contributed by atoms with Crippen molar-refractivity contribution in [1.82, 2.24) is 18.6 Å². The highest BCUT2D eigenvalue weighted by atomic mass is 79.9. The van der Waals surface area contributed by atoms with Gasteiger partial charge >= 0.3 is 11.4 Å². The molecule has 1 N–H and O–H groups in total. The summed E-state index contributed by atoms with van der Waals surface area (Å²) >= 11 is 3.45. The van der Waals surface area contributed by atoms with E-state index in [2.05, 4.69) is 26.2 Å². The van der Waals surface area contributed by atoms with Gasteiger partial charge in [-0.2, -0.15) is 9.03 Å². The number of benzene rings is 3. The molecule has 0 aliphatic heterocycles. The van der Waals surface area contributed by atoms with Crippen LogP contribution >= 0.6 is 15.9 Å². The summed E-state index contributed by atoms with van der Waals surface area (Å²) in [5, 5.41) is 3.24. The quantitative estimate of drug-likeness (QED) is 0.422. The molecule has 0 atom stereocenters. The van der Waals surface area contributed by atoms with Gasteiger partial charge in [0.15, 0.2) is 0 Å². The van der Waals surface area contributed by atoms with Crippen LogP contribution in [0.2, 0.25) is 0 Å². The molecule has 0 radical (unpaired) electrons. The van der Waals surface area contributed by atoms with Gasteiger partial charge in [-0.1, -0.05) is 64.5 Å². The number of nitrogens with one attached hydrogen (secondary N) is 1. The van der Waals surface area contributed by atoms with Gasteiger partial charge in [0.2, 0.25) is 5.95 Å². The predicted molar refractivity (Wildman–Crippen MR) is 124 cm³/mol. The monoisotopic (exact) mass is 475 g/mol. The fraction of sp³-hybridized carbons (Fsp3) is 0.0870. The van der Waals surface area contributed by atoms with Gasteiger partial charge in [-0.15, -0.1) is 0 Å². The number of halogens is 1. The number of para-hydroxylation sites is 1. The van der Waals surface area contributed by atoms with Crippen LogP contribution in [-0.4, -0.2) is 25.1 Å². The van der Waals surface area contributed by atoms with Crippen LogP contribution in [-0.2, 0) is 6.42 Å². The van der Waals surface area contributed by atoms with E-state index in [1.165, 1.54) is 14.6 Å². The van der Waals surface area contributed by atoms with Crippen molar-refractivity contribution < 1.29 is 0 Å². The van der Waals surface area contributed by atoms with Crippen LogP contribution in [0, 0.1) is 0 Å². The molecule has 7 nitrogen and oxygen atoms in total. The van der Waals surface area contributed by atoms with Gasteiger partial charge < -0.3 is 5.32 Å². The third-order valence-electron chi connectivity index (χ3n) is 5.09. The molecule has 0 aliphatic carbocycles. The van der Waals surface area contributed by atoms with Crippen molar-refractivity contribution in [1.29, 1.82) is 0 Å². The Kier molecular flexibility index (Phi) is 4.91. The molecule has 3 aromatic carbocycles. The number of nitrogens with zero attached hydrogens (tertiary/aromatic N) is 4. The maximum atomic E-state index is 13.4. The summed E-state index contributed by atoms with van der Waals surface area (Å²) in [6.07, 6.45) is 0.755.